The van der Waals surface area contributed by atoms with Crippen LogP contribution < -0.4 is 0 Å². The van der Waals surface area contributed by atoms with Gasteiger partial charge < -0.3 is 10.0 Å². The summed E-state index contributed by atoms with van der Waals surface area (Å²) in [4.78, 5) is 10.7. The first kappa shape index (κ1) is 22.1. The Kier molecular flexibility index (Phi) is 5.50. The van der Waals surface area contributed by atoms with Crippen molar-refractivity contribution in [2.24, 2.45) is 4.99 Å². The van der Waals surface area contributed by atoms with Crippen LogP contribution in [0.3, 0.4) is 0 Å². The molecule has 0 saturated carbocycles. The fourth-order valence-electron chi connectivity index (χ4n) is 4.12. The highest BCUT2D eigenvalue weighted by atomic mass is 35.5. The number of aliphatic imine (C=N–C) groups is 1. The van der Waals surface area contributed by atoms with E-state index in [2.05, 4.69) is 10.1 Å². The van der Waals surface area contributed by atoms with Crippen molar-refractivity contribution in [3.63, 3.8) is 0 Å². The molecular weight excluding hydrogens is 482 g/mol. The lowest BCUT2D eigenvalue weighted by atomic mass is 9.91. The van der Waals surface area contributed by atoms with Crippen molar-refractivity contribution < 1.29 is 22.7 Å². The maximum Gasteiger partial charge on any atom is 0.333 e. The minimum atomic E-state index is -2.87. The zero-order valence-corrected chi connectivity index (χ0v) is 18.4. The molecule has 1 fully saturated rings. The van der Waals surface area contributed by atoms with Crippen LogP contribution in [-0.2, 0) is 0 Å². The van der Waals surface area contributed by atoms with Gasteiger partial charge in [-0.25, -0.2) is 18.4 Å². The van der Waals surface area contributed by atoms with Crippen molar-refractivity contribution >= 4 is 34.3 Å². The summed E-state index contributed by atoms with van der Waals surface area (Å²) >= 11 is 7.64. The summed E-state index contributed by atoms with van der Waals surface area (Å²) in [5.41, 5.74) is -0.635. The molecule has 5 rings (SSSR count). The van der Waals surface area contributed by atoms with Crippen LogP contribution in [0.4, 0.5) is 17.6 Å². The van der Waals surface area contributed by atoms with E-state index in [0.717, 1.165) is 12.3 Å². The summed E-state index contributed by atoms with van der Waals surface area (Å²) in [5, 5.41) is 16.0. The Morgan fingerprint density at radius 2 is 2.12 bits per heavy atom. The first-order valence-electron chi connectivity index (χ1n) is 9.86. The number of rotatable bonds is 5. The monoisotopic (exact) mass is 497 g/mol. The zero-order chi connectivity index (χ0) is 23.3. The molecule has 2 aliphatic heterocycles. The van der Waals surface area contributed by atoms with Gasteiger partial charge in [0.15, 0.2) is 16.5 Å². The fraction of sp³-hybridized carbons (Fsp3) is 0.286. The number of amidine groups is 1. The van der Waals surface area contributed by atoms with Gasteiger partial charge in [0, 0.05) is 46.1 Å². The molecule has 4 heterocycles. The van der Waals surface area contributed by atoms with E-state index >= 15 is 4.39 Å². The van der Waals surface area contributed by atoms with Crippen LogP contribution >= 0.6 is 22.9 Å². The third-order valence-corrected chi connectivity index (χ3v) is 6.69. The predicted octanol–water partition coefficient (Wildman–Crippen LogP) is 4.85. The molecule has 172 valence electrons. The lowest BCUT2D eigenvalue weighted by molar-refractivity contribution is 0.0564. The number of allylic oxidation sites excluding steroid dienone is 1. The van der Waals surface area contributed by atoms with Gasteiger partial charge in [0.05, 0.1) is 18.8 Å². The number of nitrogens with zero attached hydrogens (tertiary/aromatic N) is 5. The number of fused-ring (bicyclic) bond motifs is 1. The standard InChI is InChI=1S/C21H16ClF4N5OS/c22-13-7-11(23)1-2-12(13)17-16(14-3-5-31(29-14)20(24)25)15-8-21(26,10-32)9-30(15)18(28-17)19-27-4-6-33-19/h1-7,17,20,32H,8-10H2/t17-,21-/m0/s1. The largest absolute Gasteiger partial charge is 0.393 e. The van der Waals surface area contributed by atoms with Crippen LogP contribution in [-0.4, -0.2) is 49.4 Å². The second-order valence-corrected chi connectivity index (χ2v) is 9.05. The van der Waals surface area contributed by atoms with Crippen LogP contribution in [0.15, 0.2) is 52.7 Å². The number of halogens is 5. The second-order valence-electron chi connectivity index (χ2n) is 7.75. The van der Waals surface area contributed by atoms with Crippen LogP contribution in [0, 0.1) is 5.82 Å². The maximum atomic E-state index is 15.4. The van der Waals surface area contributed by atoms with Gasteiger partial charge in [-0.05, 0) is 18.2 Å². The Hall–Kier alpha value is -2.76. The van der Waals surface area contributed by atoms with Crippen LogP contribution in [0.1, 0.15) is 35.3 Å². The summed E-state index contributed by atoms with van der Waals surface area (Å²) in [6, 6.07) is 4.30. The quantitative estimate of drug-likeness (QED) is 0.512. The summed E-state index contributed by atoms with van der Waals surface area (Å²) in [7, 11) is 0. The van der Waals surface area contributed by atoms with Crippen molar-refractivity contribution in [2.75, 3.05) is 13.2 Å². The predicted molar refractivity (Wildman–Crippen MR) is 115 cm³/mol. The fourth-order valence-corrected chi connectivity index (χ4v) is 5.04. The number of hydrogen-bond donors (Lipinski definition) is 1. The number of aliphatic hydroxyl groups is 1. The van der Waals surface area contributed by atoms with Crippen molar-refractivity contribution in [2.45, 2.75) is 24.7 Å². The van der Waals surface area contributed by atoms with Crippen molar-refractivity contribution in [3.05, 3.63) is 74.8 Å². The molecule has 2 atom stereocenters. The van der Waals surface area contributed by atoms with Gasteiger partial charge in [0.25, 0.3) is 0 Å². The molecule has 0 unspecified atom stereocenters. The van der Waals surface area contributed by atoms with Gasteiger partial charge in [-0.3, -0.25) is 4.99 Å². The number of aliphatic hydroxyl groups excluding tert-OH is 1. The van der Waals surface area contributed by atoms with E-state index in [1.165, 1.54) is 29.5 Å². The molecule has 0 amide bonds. The molecule has 6 nitrogen and oxygen atoms in total. The molecular formula is C21H16ClF4N5OS. The van der Waals surface area contributed by atoms with Crippen LogP contribution in [0.5, 0.6) is 0 Å². The average molecular weight is 498 g/mol. The highest BCUT2D eigenvalue weighted by Gasteiger charge is 2.48. The topological polar surface area (TPSA) is 66.5 Å². The van der Waals surface area contributed by atoms with Crippen molar-refractivity contribution in [1.82, 2.24) is 19.7 Å². The maximum absolute atomic E-state index is 15.4. The normalized spacial score (nSPS) is 22.8. The van der Waals surface area contributed by atoms with E-state index in [4.69, 9.17) is 16.6 Å². The van der Waals surface area contributed by atoms with E-state index in [-0.39, 0.29) is 23.7 Å². The van der Waals surface area contributed by atoms with Gasteiger partial charge in [-0.15, -0.1) is 11.3 Å². The zero-order valence-electron chi connectivity index (χ0n) is 16.8. The Bertz CT molecular complexity index is 1260. The number of hydrogen-bond acceptors (Lipinski definition) is 6. The van der Waals surface area contributed by atoms with Gasteiger partial charge in [0.1, 0.15) is 11.9 Å². The summed E-state index contributed by atoms with van der Waals surface area (Å²) in [5.74, 6) is -0.194. The van der Waals surface area contributed by atoms with Crippen LogP contribution in [0.2, 0.25) is 5.02 Å². The van der Waals surface area contributed by atoms with E-state index in [1.807, 2.05) is 0 Å². The SMILES string of the molecule is OC[C@]1(F)CC2=C(c3ccn(C(F)F)n3)[C@H](c3ccc(F)cc3Cl)N=C(c3nccs3)N2C1. The summed E-state index contributed by atoms with van der Waals surface area (Å²) < 4.78 is 56.2. The second kappa shape index (κ2) is 8.23. The molecule has 2 aliphatic rings. The van der Waals surface area contributed by atoms with Gasteiger partial charge in [0.2, 0.25) is 0 Å². The minimum Gasteiger partial charge on any atom is -0.393 e. The Labute approximate surface area is 194 Å². The molecule has 1 N–H and O–H groups in total. The van der Waals surface area contributed by atoms with Gasteiger partial charge in [-0.2, -0.15) is 13.9 Å². The van der Waals surface area contributed by atoms with Gasteiger partial charge >= 0.3 is 6.55 Å². The lowest BCUT2D eigenvalue weighted by Gasteiger charge is -2.32. The third kappa shape index (κ3) is 3.83. The van der Waals surface area contributed by atoms with E-state index in [0.29, 0.717) is 32.4 Å². The van der Waals surface area contributed by atoms with E-state index in [1.54, 1.807) is 16.5 Å². The molecule has 33 heavy (non-hydrogen) atoms. The average Bonchev–Trinajstić information content (AvgIpc) is 3.52. The molecule has 0 aliphatic carbocycles. The Morgan fingerprint density at radius 3 is 2.76 bits per heavy atom. The smallest absolute Gasteiger partial charge is 0.333 e. The first-order valence-corrected chi connectivity index (χ1v) is 11.1. The molecule has 1 saturated heterocycles. The Balaban J connectivity index is 1.76. The van der Waals surface area contributed by atoms with Crippen molar-refractivity contribution in [1.29, 1.82) is 0 Å². The molecule has 0 spiro atoms. The van der Waals surface area contributed by atoms with Crippen LogP contribution in [0.25, 0.3) is 5.57 Å². The van der Waals surface area contributed by atoms with Crippen molar-refractivity contribution in [3.8, 4) is 0 Å². The highest BCUT2D eigenvalue weighted by Crippen LogP contribution is 2.48. The molecule has 0 radical (unpaired) electrons. The Morgan fingerprint density at radius 1 is 1.30 bits per heavy atom. The van der Waals surface area contributed by atoms with Gasteiger partial charge in [-0.1, -0.05) is 17.7 Å². The molecule has 0 bridgehead atoms. The molecule has 1 aromatic carbocycles. The number of aromatic nitrogens is 3. The number of thiazole rings is 1. The molecule has 12 heteroatoms. The lowest BCUT2D eigenvalue weighted by Crippen LogP contribution is -2.37. The summed E-state index contributed by atoms with van der Waals surface area (Å²) in [6.45, 7) is -3.80. The molecule has 2 aromatic heterocycles. The third-order valence-electron chi connectivity index (χ3n) is 5.59. The van der Waals surface area contributed by atoms with E-state index in [9.17, 15) is 18.3 Å². The number of alkyl halides is 3. The summed E-state index contributed by atoms with van der Waals surface area (Å²) in [6.07, 6.45) is 2.50. The van der Waals surface area contributed by atoms with E-state index < -0.39 is 30.7 Å². The number of benzene rings is 1. The first-order chi connectivity index (χ1) is 15.8. The highest BCUT2D eigenvalue weighted by molar-refractivity contribution is 7.11. The minimum absolute atomic E-state index is 0.0775. The molecule has 3 aromatic rings.